The average molecular weight is 89.2 g/mol. The zero-order valence-corrected chi connectivity index (χ0v) is 4.43. The molecule has 0 bridgehead atoms. The molecule has 0 amide bonds. The van der Waals surface area contributed by atoms with Gasteiger partial charge in [0.1, 0.15) is 0 Å². The van der Waals surface area contributed by atoms with Crippen molar-refractivity contribution < 1.29 is 0 Å². The predicted octanol–water partition coefficient (Wildman–Crippen LogP) is 0.475. The lowest BCUT2D eigenvalue weighted by Gasteiger charge is -1.69. The zero-order valence-electron chi connectivity index (χ0n) is 2.62. The van der Waals surface area contributed by atoms with Crippen LogP contribution in [0, 0.1) is 0 Å². The number of hydrogen-bond acceptors (Lipinski definition) is 1. The van der Waals surface area contributed by atoms with Crippen molar-refractivity contribution in [1.82, 2.24) is 0 Å². The lowest BCUT2D eigenvalue weighted by atomic mass is 11.9. The highest BCUT2D eigenvalue weighted by atomic mass is 32.2. The Morgan fingerprint density at radius 2 is 2.25 bits per heavy atom. The molecule has 0 aromatic heterocycles. The summed E-state index contributed by atoms with van der Waals surface area (Å²) >= 11 is 1.77. The molecule has 23 valence electrons. The molecule has 0 aliphatic carbocycles. The van der Waals surface area contributed by atoms with Crippen molar-refractivity contribution in [1.29, 1.82) is 0 Å². The van der Waals surface area contributed by atoms with E-state index < -0.39 is 0 Å². The Kier molecular flexibility index (Phi) is 4.07. The predicted molar refractivity (Wildman–Crippen MR) is 24.1 cm³/mol. The topological polar surface area (TPSA) is 0 Å². The molecular weight excluding hydrogens is 84.2 g/mol. The Morgan fingerprint density at radius 3 is 2.25 bits per heavy atom. The van der Waals surface area contributed by atoms with E-state index in [1.165, 1.54) is 0 Å². The van der Waals surface area contributed by atoms with Crippen LogP contribution in [0.1, 0.15) is 0 Å². The molecule has 0 aliphatic rings. The van der Waals surface area contributed by atoms with Gasteiger partial charge in [-0.2, -0.15) is 11.8 Å². The van der Waals surface area contributed by atoms with Crippen LogP contribution in [-0.2, 0) is 0 Å². The standard InChI is InChI=1S/C2H5SSi/c1-3-2-4/h2H2,1H3. The number of rotatable bonds is 1. The molecule has 0 saturated heterocycles. The summed E-state index contributed by atoms with van der Waals surface area (Å²) < 4.78 is 0. The zero-order chi connectivity index (χ0) is 3.41. The Balaban J connectivity index is 1.97. The van der Waals surface area contributed by atoms with Gasteiger partial charge in [-0.25, -0.2) is 0 Å². The second-order valence-electron chi connectivity index (χ2n) is 0.433. The van der Waals surface area contributed by atoms with Gasteiger partial charge < -0.3 is 0 Å². The first-order valence-corrected chi connectivity index (χ1v) is 3.15. The van der Waals surface area contributed by atoms with Crippen LogP contribution in [-0.4, -0.2) is 21.9 Å². The lowest BCUT2D eigenvalue weighted by Crippen LogP contribution is -1.63. The van der Waals surface area contributed by atoms with E-state index in [2.05, 4.69) is 10.2 Å². The van der Waals surface area contributed by atoms with E-state index in [-0.39, 0.29) is 0 Å². The second-order valence-corrected chi connectivity index (χ2v) is 2.17. The highest BCUT2D eigenvalue weighted by Crippen LogP contribution is 1.80. The van der Waals surface area contributed by atoms with Crippen molar-refractivity contribution in [3.63, 3.8) is 0 Å². The first-order valence-electron chi connectivity index (χ1n) is 1.05. The first-order chi connectivity index (χ1) is 1.91. The molecule has 0 aliphatic heterocycles. The van der Waals surface area contributed by atoms with Crippen molar-refractivity contribution in [3.8, 4) is 0 Å². The van der Waals surface area contributed by atoms with Crippen LogP contribution < -0.4 is 0 Å². The van der Waals surface area contributed by atoms with Crippen LogP contribution in [0.15, 0.2) is 0 Å². The van der Waals surface area contributed by atoms with Crippen molar-refractivity contribution in [2.45, 2.75) is 0 Å². The maximum atomic E-state index is 3.25. The molecule has 4 heavy (non-hydrogen) atoms. The summed E-state index contributed by atoms with van der Waals surface area (Å²) in [6, 6.07) is 0. The Hall–Kier alpha value is 0.567. The van der Waals surface area contributed by atoms with Gasteiger partial charge in [-0.1, -0.05) is 0 Å². The molecule has 3 radical (unpaired) electrons. The van der Waals surface area contributed by atoms with E-state index in [1.807, 2.05) is 6.26 Å². The molecule has 0 aromatic carbocycles. The molecule has 0 rings (SSSR count). The van der Waals surface area contributed by atoms with Gasteiger partial charge in [-0.05, 0) is 11.6 Å². The second kappa shape index (κ2) is 3.57. The minimum Gasteiger partial charge on any atom is -0.169 e. The summed E-state index contributed by atoms with van der Waals surface area (Å²) in [6.45, 7) is 0. The van der Waals surface area contributed by atoms with E-state index >= 15 is 0 Å². The van der Waals surface area contributed by atoms with Gasteiger partial charge in [0.05, 0.1) is 0 Å². The molecule has 0 aromatic rings. The summed E-state index contributed by atoms with van der Waals surface area (Å²) in [5, 5.41) is 1.04. The number of hydrogen-bond donors (Lipinski definition) is 0. The van der Waals surface area contributed by atoms with Gasteiger partial charge in [-0.3, -0.25) is 0 Å². The van der Waals surface area contributed by atoms with Gasteiger partial charge in [-0.15, -0.1) is 0 Å². The summed E-state index contributed by atoms with van der Waals surface area (Å²) in [5.74, 6) is 0. The van der Waals surface area contributed by atoms with Crippen LogP contribution >= 0.6 is 11.8 Å². The normalized spacial score (nSPS) is 7.50. The third-order valence-electron chi connectivity index (χ3n) is 0.144. The fourth-order valence-electron chi connectivity index (χ4n) is 0. The largest absolute Gasteiger partial charge is 0.169 e. The van der Waals surface area contributed by atoms with E-state index in [0.717, 1.165) is 5.38 Å². The van der Waals surface area contributed by atoms with Crippen molar-refractivity contribution in [2.24, 2.45) is 0 Å². The fourth-order valence-corrected chi connectivity index (χ4v) is 0. The Bertz CT molecular complexity index is 8.00. The van der Waals surface area contributed by atoms with Gasteiger partial charge >= 0.3 is 0 Å². The Morgan fingerprint density at radius 1 is 2.00 bits per heavy atom. The molecule has 0 atom stereocenters. The minimum atomic E-state index is 1.04. The maximum Gasteiger partial charge on any atom is 0.0367 e. The van der Waals surface area contributed by atoms with E-state index in [4.69, 9.17) is 0 Å². The van der Waals surface area contributed by atoms with Crippen LogP contribution in [0.4, 0.5) is 0 Å². The number of thioether (sulfide) groups is 1. The van der Waals surface area contributed by atoms with Crippen LogP contribution in [0.5, 0.6) is 0 Å². The molecule has 0 fully saturated rings. The van der Waals surface area contributed by atoms with Crippen LogP contribution in [0.25, 0.3) is 0 Å². The fraction of sp³-hybridized carbons (Fsp3) is 1.00. The molecule has 0 N–H and O–H groups in total. The molecule has 0 heterocycles. The van der Waals surface area contributed by atoms with E-state index in [9.17, 15) is 0 Å². The lowest BCUT2D eigenvalue weighted by molar-refractivity contribution is 2.20. The summed E-state index contributed by atoms with van der Waals surface area (Å²) in [7, 11) is 3.25. The molecular formula is C2H5SSi. The van der Waals surface area contributed by atoms with Crippen molar-refractivity contribution in [2.75, 3.05) is 11.6 Å². The molecule has 0 unspecified atom stereocenters. The maximum absolute atomic E-state index is 3.25. The highest BCUT2D eigenvalue weighted by molar-refractivity contribution is 7.99. The SMILES string of the molecule is CSC[Si]. The van der Waals surface area contributed by atoms with Crippen molar-refractivity contribution >= 4 is 22.0 Å². The van der Waals surface area contributed by atoms with Crippen molar-refractivity contribution in [3.05, 3.63) is 0 Å². The van der Waals surface area contributed by atoms with Gasteiger partial charge in [0.25, 0.3) is 0 Å². The molecule has 0 spiro atoms. The Labute approximate surface area is 34.4 Å². The third-order valence-corrected chi connectivity index (χ3v) is 1.30. The van der Waals surface area contributed by atoms with Crippen LogP contribution in [0.3, 0.4) is 0 Å². The van der Waals surface area contributed by atoms with Gasteiger partial charge in [0.2, 0.25) is 0 Å². The summed E-state index contributed by atoms with van der Waals surface area (Å²) in [4.78, 5) is 0. The molecule has 0 saturated carbocycles. The van der Waals surface area contributed by atoms with Gasteiger partial charge in [0, 0.05) is 10.2 Å². The minimum absolute atomic E-state index is 1.04. The summed E-state index contributed by atoms with van der Waals surface area (Å²) in [6.07, 6.45) is 2.05. The quantitative estimate of drug-likeness (QED) is 0.421. The van der Waals surface area contributed by atoms with E-state index in [0.29, 0.717) is 0 Å². The van der Waals surface area contributed by atoms with Crippen LogP contribution in [0.2, 0.25) is 0 Å². The molecule has 2 heteroatoms. The smallest absolute Gasteiger partial charge is 0.0367 e. The average Bonchev–Trinajstić information content (AvgIpc) is 1.37. The third kappa shape index (κ3) is 2.57. The van der Waals surface area contributed by atoms with E-state index in [1.54, 1.807) is 11.8 Å². The summed E-state index contributed by atoms with van der Waals surface area (Å²) in [5.41, 5.74) is 0. The first kappa shape index (κ1) is 4.57. The highest BCUT2D eigenvalue weighted by Gasteiger charge is 1.56. The van der Waals surface area contributed by atoms with Gasteiger partial charge in [0.15, 0.2) is 0 Å². The monoisotopic (exact) mass is 89.0 g/mol. The molecule has 0 nitrogen and oxygen atoms in total.